The van der Waals surface area contributed by atoms with Gasteiger partial charge in [-0.2, -0.15) is 0 Å². The zero-order chi connectivity index (χ0) is 20.2. The molecule has 6 nitrogen and oxygen atoms in total. The first-order valence-electron chi connectivity index (χ1n) is 10.4. The van der Waals surface area contributed by atoms with Crippen LogP contribution in [0.15, 0.2) is 29.4 Å². The number of carbonyl (C=O) groups excluding carboxylic acids is 1. The molecule has 0 radical (unpaired) electrons. The van der Waals surface area contributed by atoms with E-state index in [2.05, 4.69) is 20.1 Å². The van der Waals surface area contributed by atoms with Crippen LogP contribution in [0, 0.1) is 0 Å². The first kappa shape index (κ1) is 20.7. The molecule has 0 spiro atoms. The lowest BCUT2D eigenvalue weighted by molar-refractivity contribution is -0.120. The summed E-state index contributed by atoms with van der Waals surface area (Å²) in [4.78, 5) is 12.6. The van der Waals surface area contributed by atoms with Crippen LogP contribution in [0.25, 0.3) is 11.4 Å². The molecule has 1 aromatic heterocycles. The molecule has 8 heteroatoms. The van der Waals surface area contributed by atoms with Gasteiger partial charge >= 0.3 is 0 Å². The summed E-state index contributed by atoms with van der Waals surface area (Å²) in [5.74, 6) is 0.794. The molecule has 2 atom stereocenters. The number of ether oxygens (including phenoxy) is 1. The predicted molar refractivity (Wildman–Crippen MR) is 115 cm³/mol. The molecule has 29 heavy (non-hydrogen) atoms. The molecule has 2 unspecified atom stereocenters. The van der Waals surface area contributed by atoms with E-state index in [1.165, 1.54) is 24.6 Å². The van der Waals surface area contributed by atoms with Crippen LogP contribution >= 0.6 is 23.4 Å². The van der Waals surface area contributed by atoms with Crippen LogP contribution in [0.1, 0.15) is 51.5 Å². The molecule has 1 saturated carbocycles. The van der Waals surface area contributed by atoms with Crippen molar-refractivity contribution in [1.82, 2.24) is 20.1 Å². The molecule has 1 aromatic carbocycles. The Bertz CT molecular complexity index is 847. The van der Waals surface area contributed by atoms with Crippen LogP contribution in [-0.2, 0) is 9.53 Å². The van der Waals surface area contributed by atoms with Crippen LogP contribution in [0.2, 0.25) is 5.02 Å². The van der Waals surface area contributed by atoms with Crippen molar-refractivity contribution in [1.29, 1.82) is 0 Å². The number of benzene rings is 1. The van der Waals surface area contributed by atoms with E-state index in [-0.39, 0.29) is 17.3 Å². The van der Waals surface area contributed by atoms with Crippen LogP contribution < -0.4 is 5.32 Å². The van der Waals surface area contributed by atoms with Gasteiger partial charge < -0.3 is 10.1 Å². The number of aromatic nitrogens is 3. The van der Waals surface area contributed by atoms with Crippen molar-refractivity contribution in [3.63, 3.8) is 0 Å². The van der Waals surface area contributed by atoms with Crippen LogP contribution in [0.3, 0.4) is 0 Å². The number of amides is 1. The minimum atomic E-state index is -0.264. The summed E-state index contributed by atoms with van der Waals surface area (Å²) in [5.41, 5.74) is 0.885. The van der Waals surface area contributed by atoms with Crippen molar-refractivity contribution in [3.8, 4) is 11.4 Å². The molecule has 2 aliphatic rings. The average Bonchev–Trinajstić information content (AvgIpc) is 3.48. The molecule has 1 aliphatic heterocycles. The molecule has 1 N–H and O–H groups in total. The van der Waals surface area contributed by atoms with E-state index in [0.29, 0.717) is 17.6 Å². The summed E-state index contributed by atoms with van der Waals surface area (Å²) >= 11 is 7.90. The number of halogens is 1. The zero-order valence-corrected chi connectivity index (χ0v) is 18.2. The highest BCUT2D eigenvalue weighted by molar-refractivity contribution is 8.00. The van der Waals surface area contributed by atoms with E-state index in [1.54, 1.807) is 0 Å². The van der Waals surface area contributed by atoms with E-state index in [0.717, 1.165) is 48.8 Å². The quantitative estimate of drug-likeness (QED) is 0.650. The standard InChI is InChI=1S/C21H27ClN4O2S/c1-14(20(27)23-13-16-9-6-12-28-16)29-21-25-24-19(17-10-4-5-11-18(17)22)26(21)15-7-2-3-8-15/h4-5,10-11,14-16H,2-3,6-9,12-13H2,1H3,(H,23,27). The Kier molecular flexibility index (Phi) is 6.77. The number of thioether (sulfide) groups is 1. The van der Waals surface area contributed by atoms with Crippen molar-refractivity contribution >= 4 is 29.3 Å². The van der Waals surface area contributed by atoms with Crippen molar-refractivity contribution in [2.75, 3.05) is 13.2 Å². The fourth-order valence-corrected chi connectivity index (χ4v) is 5.21. The van der Waals surface area contributed by atoms with Crippen LogP contribution in [0.5, 0.6) is 0 Å². The summed E-state index contributed by atoms with van der Waals surface area (Å²) < 4.78 is 7.79. The lowest BCUT2D eigenvalue weighted by Gasteiger charge is -2.19. The third kappa shape index (κ3) is 4.78. The Morgan fingerprint density at radius 3 is 2.79 bits per heavy atom. The van der Waals surface area contributed by atoms with Crippen molar-refractivity contribution in [2.45, 2.75) is 68.0 Å². The van der Waals surface area contributed by atoms with E-state index < -0.39 is 0 Å². The van der Waals surface area contributed by atoms with Gasteiger partial charge in [0.25, 0.3) is 0 Å². The first-order valence-corrected chi connectivity index (χ1v) is 11.6. The van der Waals surface area contributed by atoms with Gasteiger partial charge in [0, 0.05) is 24.8 Å². The molecule has 2 fully saturated rings. The maximum Gasteiger partial charge on any atom is 0.233 e. The summed E-state index contributed by atoms with van der Waals surface area (Å²) in [7, 11) is 0. The minimum absolute atomic E-state index is 0.00534. The van der Waals surface area contributed by atoms with E-state index in [9.17, 15) is 4.79 Å². The topological polar surface area (TPSA) is 69.0 Å². The van der Waals surface area contributed by atoms with E-state index >= 15 is 0 Å². The molecule has 1 saturated heterocycles. The Labute approximate surface area is 180 Å². The molecule has 1 aliphatic carbocycles. The maximum absolute atomic E-state index is 12.6. The van der Waals surface area contributed by atoms with Crippen molar-refractivity contribution < 1.29 is 9.53 Å². The van der Waals surface area contributed by atoms with Crippen molar-refractivity contribution in [2.24, 2.45) is 0 Å². The molecular formula is C21H27ClN4O2S. The monoisotopic (exact) mass is 434 g/mol. The Hall–Kier alpha value is -1.57. The van der Waals surface area contributed by atoms with E-state index in [1.807, 2.05) is 31.2 Å². The highest BCUT2D eigenvalue weighted by Crippen LogP contribution is 2.38. The number of nitrogens with zero attached hydrogens (tertiary/aromatic N) is 3. The van der Waals surface area contributed by atoms with Gasteiger partial charge in [-0.3, -0.25) is 9.36 Å². The SMILES string of the molecule is CC(Sc1nnc(-c2ccccc2Cl)n1C1CCCC1)C(=O)NCC1CCCO1. The second-order valence-electron chi connectivity index (χ2n) is 7.73. The normalized spacial score (nSPS) is 20.8. The number of carbonyl (C=O) groups is 1. The lowest BCUT2D eigenvalue weighted by atomic mass is 10.2. The highest BCUT2D eigenvalue weighted by atomic mass is 35.5. The van der Waals surface area contributed by atoms with Gasteiger partial charge in [-0.05, 0) is 44.7 Å². The summed E-state index contributed by atoms with van der Waals surface area (Å²) in [5, 5.41) is 13.1. The number of nitrogens with one attached hydrogen (secondary N) is 1. The number of hydrogen-bond donors (Lipinski definition) is 1. The molecule has 2 aromatic rings. The molecule has 1 amide bonds. The molecule has 156 valence electrons. The summed E-state index contributed by atoms with van der Waals surface area (Å²) in [6.07, 6.45) is 6.83. The van der Waals surface area contributed by atoms with Crippen LogP contribution in [0.4, 0.5) is 0 Å². The Morgan fingerprint density at radius 2 is 2.07 bits per heavy atom. The second kappa shape index (κ2) is 9.49. The molecule has 4 rings (SSSR count). The van der Waals surface area contributed by atoms with Gasteiger partial charge in [-0.15, -0.1) is 10.2 Å². The predicted octanol–water partition coefficient (Wildman–Crippen LogP) is 4.49. The highest BCUT2D eigenvalue weighted by Gasteiger charge is 2.28. The first-order chi connectivity index (χ1) is 14.1. The smallest absolute Gasteiger partial charge is 0.233 e. The molecule has 0 bridgehead atoms. The fraction of sp³-hybridized carbons (Fsp3) is 0.571. The van der Waals surface area contributed by atoms with Gasteiger partial charge in [-0.25, -0.2) is 0 Å². The largest absolute Gasteiger partial charge is 0.376 e. The molecular weight excluding hydrogens is 408 g/mol. The zero-order valence-electron chi connectivity index (χ0n) is 16.6. The van der Waals surface area contributed by atoms with E-state index in [4.69, 9.17) is 16.3 Å². The van der Waals surface area contributed by atoms with Gasteiger partial charge in [0.15, 0.2) is 11.0 Å². The third-order valence-corrected chi connectivity index (χ3v) is 7.03. The number of rotatable bonds is 7. The average molecular weight is 435 g/mol. The van der Waals surface area contributed by atoms with Crippen molar-refractivity contribution in [3.05, 3.63) is 29.3 Å². The van der Waals surface area contributed by atoms with Gasteiger partial charge in [-0.1, -0.05) is 48.3 Å². The third-order valence-electron chi connectivity index (χ3n) is 5.65. The second-order valence-corrected chi connectivity index (χ2v) is 9.45. The Morgan fingerprint density at radius 1 is 1.28 bits per heavy atom. The van der Waals surface area contributed by atoms with Gasteiger partial charge in [0.2, 0.25) is 5.91 Å². The minimum Gasteiger partial charge on any atom is -0.376 e. The summed E-state index contributed by atoms with van der Waals surface area (Å²) in [6.45, 7) is 3.28. The number of hydrogen-bond acceptors (Lipinski definition) is 5. The fourth-order valence-electron chi connectivity index (χ4n) is 4.05. The Balaban J connectivity index is 1.52. The van der Waals surface area contributed by atoms with Gasteiger partial charge in [0.1, 0.15) is 0 Å². The van der Waals surface area contributed by atoms with Gasteiger partial charge in [0.05, 0.1) is 16.4 Å². The summed E-state index contributed by atoms with van der Waals surface area (Å²) in [6, 6.07) is 8.07. The lowest BCUT2D eigenvalue weighted by Crippen LogP contribution is -2.36. The van der Waals surface area contributed by atoms with Crippen LogP contribution in [-0.4, -0.2) is 45.2 Å². The molecule has 2 heterocycles. The maximum atomic E-state index is 12.6.